The third kappa shape index (κ3) is 4.81. The number of thioether (sulfide) groups is 1. The van der Waals surface area contributed by atoms with Gasteiger partial charge in [-0.15, -0.1) is 11.8 Å². The van der Waals surface area contributed by atoms with Crippen LogP contribution in [-0.4, -0.2) is 39.4 Å². The summed E-state index contributed by atoms with van der Waals surface area (Å²) in [5, 5.41) is 7.78. The number of carbonyl (C=O) groups is 2. The van der Waals surface area contributed by atoms with Gasteiger partial charge in [0.15, 0.2) is 0 Å². The largest absolute Gasteiger partial charge is 0.443 e. The van der Waals surface area contributed by atoms with Crippen molar-refractivity contribution >= 4 is 64.8 Å². The highest BCUT2D eigenvalue weighted by molar-refractivity contribution is 8.03. The Balaban J connectivity index is 1.96. The standard InChI is InChI=1S/C12H12Cl3N3O3S/c1-7-10(22-5-9(19)17-7)8-2-3-18(16-4-8)11(20)21-6-12(13,14)15/h2-4,8H,5-6H2,1H3,(H,17,19). The number of nitrogens with zero attached hydrogens (tertiary/aromatic N) is 2. The minimum atomic E-state index is -1.67. The highest BCUT2D eigenvalue weighted by Crippen LogP contribution is 2.31. The van der Waals surface area contributed by atoms with Gasteiger partial charge in [-0.3, -0.25) is 4.79 Å². The SMILES string of the molecule is CC1=C(C2C=CN(C(=O)OCC(Cl)(Cl)Cl)N=C2)SCC(=O)N1. The Morgan fingerprint density at radius 2 is 2.32 bits per heavy atom. The lowest BCUT2D eigenvalue weighted by Crippen LogP contribution is -2.31. The first kappa shape index (κ1) is 17.5. The molecule has 0 aromatic heterocycles. The van der Waals surface area contributed by atoms with Gasteiger partial charge in [-0.25, -0.2) is 4.79 Å². The minimum absolute atomic E-state index is 0.0279. The molecule has 0 aliphatic carbocycles. The van der Waals surface area contributed by atoms with Gasteiger partial charge in [0.25, 0.3) is 0 Å². The van der Waals surface area contributed by atoms with E-state index in [9.17, 15) is 9.59 Å². The zero-order chi connectivity index (χ0) is 16.3. The monoisotopic (exact) mass is 383 g/mol. The Labute approximate surface area is 146 Å². The topological polar surface area (TPSA) is 71.0 Å². The van der Waals surface area contributed by atoms with E-state index in [0.29, 0.717) is 5.75 Å². The molecular formula is C12H12Cl3N3O3S. The maximum Gasteiger partial charge on any atom is 0.434 e. The lowest BCUT2D eigenvalue weighted by Gasteiger charge is -2.24. The van der Waals surface area contributed by atoms with E-state index in [1.807, 2.05) is 6.92 Å². The van der Waals surface area contributed by atoms with E-state index in [4.69, 9.17) is 39.5 Å². The predicted octanol–water partition coefficient (Wildman–Crippen LogP) is 3.02. The molecule has 0 fully saturated rings. The van der Waals surface area contributed by atoms with Gasteiger partial charge in [-0.05, 0) is 6.92 Å². The summed E-state index contributed by atoms with van der Waals surface area (Å²) in [6.07, 6.45) is 4.09. The fraction of sp³-hybridized carbons (Fsp3) is 0.417. The number of nitrogens with one attached hydrogen (secondary N) is 1. The second-order valence-electron chi connectivity index (χ2n) is 4.47. The molecule has 0 bridgehead atoms. The molecule has 0 radical (unpaired) electrons. The van der Waals surface area contributed by atoms with Crippen LogP contribution in [0.25, 0.3) is 0 Å². The summed E-state index contributed by atoms with van der Waals surface area (Å²) in [5.74, 6) is 0.225. The highest BCUT2D eigenvalue weighted by atomic mass is 35.6. The van der Waals surface area contributed by atoms with E-state index in [-0.39, 0.29) is 18.4 Å². The van der Waals surface area contributed by atoms with Crippen molar-refractivity contribution in [2.45, 2.75) is 10.7 Å². The van der Waals surface area contributed by atoms with Crippen LogP contribution in [-0.2, 0) is 9.53 Å². The van der Waals surface area contributed by atoms with Gasteiger partial charge in [-0.1, -0.05) is 40.9 Å². The lowest BCUT2D eigenvalue weighted by atomic mass is 10.1. The number of hydrazone groups is 1. The molecule has 0 aromatic carbocycles. The normalized spacial score (nSPS) is 21.9. The Hall–Kier alpha value is -0.890. The van der Waals surface area contributed by atoms with Crippen molar-refractivity contribution in [3.8, 4) is 0 Å². The molecule has 1 unspecified atom stereocenters. The van der Waals surface area contributed by atoms with Crippen LogP contribution < -0.4 is 5.32 Å². The molecular weight excluding hydrogens is 373 g/mol. The number of amides is 2. The van der Waals surface area contributed by atoms with Crippen molar-refractivity contribution in [1.82, 2.24) is 10.3 Å². The first-order valence-corrected chi connectivity index (χ1v) is 8.27. The molecule has 0 saturated carbocycles. The molecule has 10 heteroatoms. The van der Waals surface area contributed by atoms with Gasteiger partial charge in [0.05, 0.1) is 5.75 Å². The van der Waals surface area contributed by atoms with Crippen molar-refractivity contribution in [3.63, 3.8) is 0 Å². The summed E-state index contributed by atoms with van der Waals surface area (Å²) < 4.78 is 3.15. The summed E-state index contributed by atoms with van der Waals surface area (Å²) in [6.45, 7) is 1.45. The molecule has 2 aliphatic rings. The van der Waals surface area contributed by atoms with E-state index in [1.165, 1.54) is 18.0 Å². The quantitative estimate of drug-likeness (QED) is 0.743. The third-order valence-electron chi connectivity index (χ3n) is 2.69. The summed E-state index contributed by atoms with van der Waals surface area (Å²) in [6, 6.07) is 0. The van der Waals surface area contributed by atoms with E-state index in [2.05, 4.69) is 10.4 Å². The van der Waals surface area contributed by atoms with Gasteiger partial charge in [0.2, 0.25) is 9.70 Å². The summed E-state index contributed by atoms with van der Waals surface area (Å²) in [4.78, 5) is 24.0. The van der Waals surface area contributed by atoms with Gasteiger partial charge in [0.1, 0.15) is 6.61 Å². The van der Waals surface area contributed by atoms with Crippen molar-refractivity contribution in [2.75, 3.05) is 12.4 Å². The van der Waals surface area contributed by atoms with E-state index in [1.54, 1.807) is 12.3 Å². The summed E-state index contributed by atoms with van der Waals surface area (Å²) in [5.41, 5.74) is 0.787. The highest BCUT2D eigenvalue weighted by Gasteiger charge is 2.26. The first-order chi connectivity index (χ1) is 10.3. The Bertz CT molecular complexity index is 558. The van der Waals surface area contributed by atoms with E-state index in [0.717, 1.165) is 15.6 Å². The molecule has 2 amide bonds. The third-order valence-corrected chi connectivity index (χ3v) is 4.31. The molecule has 22 heavy (non-hydrogen) atoms. The molecule has 120 valence electrons. The lowest BCUT2D eigenvalue weighted by molar-refractivity contribution is -0.117. The Morgan fingerprint density at radius 1 is 1.59 bits per heavy atom. The van der Waals surface area contributed by atoms with E-state index < -0.39 is 9.89 Å². The van der Waals surface area contributed by atoms with Crippen LogP contribution >= 0.6 is 46.6 Å². The zero-order valence-corrected chi connectivity index (χ0v) is 14.5. The molecule has 2 rings (SSSR count). The number of ether oxygens (including phenoxy) is 1. The average molecular weight is 385 g/mol. The van der Waals surface area contributed by atoms with Crippen molar-refractivity contribution in [1.29, 1.82) is 0 Å². The van der Waals surface area contributed by atoms with Crippen LogP contribution in [0, 0.1) is 5.92 Å². The number of carbonyl (C=O) groups excluding carboxylic acids is 2. The molecule has 0 aromatic rings. The Kier molecular flexibility index (Phi) is 5.65. The van der Waals surface area contributed by atoms with Gasteiger partial charge >= 0.3 is 6.09 Å². The van der Waals surface area contributed by atoms with Crippen LogP contribution in [0.3, 0.4) is 0 Å². The maximum absolute atomic E-state index is 11.7. The predicted molar refractivity (Wildman–Crippen MR) is 87.9 cm³/mol. The second kappa shape index (κ2) is 7.12. The number of allylic oxidation sites excluding steroid dienone is 3. The van der Waals surface area contributed by atoms with Crippen LogP contribution in [0.1, 0.15) is 6.92 Å². The first-order valence-electron chi connectivity index (χ1n) is 6.15. The number of hydrogen-bond donors (Lipinski definition) is 1. The molecule has 6 nitrogen and oxygen atoms in total. The number of halogens is 3. The van der Waals surface area contributed by atoms with Crippen molar-refractivity contribution in [3.05, 3.63) is 22.9 Å². The molecule has 2 heterocycles. The Morgan fingerprint density at radius 3 is 2.86 bits per heavy atom. The van der Waals surface area contributed by atoms with Gasteiger partial charge in [-0.2, -0.15) is 10.1 Å². The van der Waals surface area contributed by atoms with Crippen molar-refractivity contribution in [2.24, 2.45) is 11.0 Å². The average Bonchev–Trinajstić information content (AvgIpc) is 2.44. The number of alkyl halides is 3. The smallest absolute Gasteiger partial charge is 0.434 e. The fourth-order valence-corrected chi connectivity index (χ4v) is 2.91. The van der Waals surface area contributed by atoms with Crippen LogP contribution in [0.4, 0.5) is 4.79 Å². The fourth-order valence-electron chi connectivity index (χ4n) is 1.78. The summed E-state index contributed by atoms with van der Waals surface area (Å²) in [7, 11) is 0. The number of hydrogen-bond acceptors (Lipinski definition) is 5. The molecule has 1 atom stereocenters. The van der Waals surface area contributed by atoms with Gasteiger partial charge < -0.3 is 10.1 Å². The maximum atomic E-state index is 11.7. The van der Waals surface area contributed by atoms with E-state index >= 15 is 0 Å². The molecule has 0 spiro atoms. The second-order valence-corrected chi connectivity index (χ2v) is 8.01. The molecule has 2 aliphatic heterocycles. The van der Waals surface area contributed by atoms with Crippen molar-refractivity contribution < 1.29 is 14.3 Å². The van der Waals surface area contributed by atoms with Crippen LogP contribution in [0.5, 0.6) is 0 Å². The summed E-state index contributed by atoms with van der Waals surface area (Å²) >= 11 is 18.0. The number of rotatable bonds is 2. The molecule has 1 N–H and O–H groups in total. The minimum Gasteiger partial charge on any atom is -0.443 e. The molecule has 0 saturated heterocycles. The van der Waals surface area contributed by atoms with Gasteiger partial charge in [0, 0.05) is 28.9 Å². The zero-order valence-electron chi connectivity index (χ0n) is 11.4. The van der Waals surface area contributed by atoms with Crippen LogP contribution in [0.15, 0.2) is 28.0 Å². The van der Waals surface area contributed by atoms with Crippen LogP contribution in [0.2, 0.25) is 0 Å².